The quantitative estimate of drug-likeness (QED) is 0.886. The second-order valence-electron chi connectivity index (χ2n) is 4.55. The van der Waals surface area contributed by atoms with E-state index in [-0.39, 0.29) is 0 Å². The van der Waals surface area contributed by atoms with Gasteiger partial charge in [0.1, 0.15) is 5.82 Å². The van der Waals surface area contributed by atoms with Gasteiger partial charge in [0.25, 0.3) is 0 Å². The van der Waals surface area contributed by atoms with E-state index in [0.29, 0.717) is 24.9 Å². The van der Waals surface area contributed by atoms with Gasteiger partial charge in [0, 0.05) is 29.9 Å². The van der Waals surface area contributed by atoms with E-state index >= 15 is 0 Å². The predicted molar refractivity (Wildman–Crippen MR) is 72.4 cm³/mol. The molecule has 0 amide bonds. The molecule has 1 aliphatic heterocycles. The minimum absolute atomic E-state index is 0.512. The number of anilines is 1. The number of hydrogen-bond donors (Lipinski definition) is 1. The van der Waals surface area contributed by atoms with Gasteiger partial charge in [0.2, 0.25) is 0 Å². The maximum atomic E-state index is 6.02. The normalized spacial score (nSPS) is 14.2. The number of nitrogens with zero attached hydrogens (tertiary/aromatic N) is 3. The average Bonchev–Trinajstić information content (AvgIpc) is 2.47. The lowest BCUT2D eigenvalue weighted by Crippen LogP contribution is -2.16. The molecule has 0 aliphatic carbocycles. The van der Waals surface area contributed by atoms with Crippen LogP contribution in [0.1, 0.15) is 23.7 Å². The van der Waals surface area contributed by atoms with E-state index in [1.807, 2.05) is 12.3 Å². The van der Waals surface area contributed by atoms with E-state index in [4.69, 9.17) is 10.5 Å². The summed E-state index contributed by atoms with van der Waals surface area (Å²) in [5, 5.41) is 0. The number of nitrogens with two attached hydrogens (primary N) is 1. The molecule has 0 atom stereocenters. The minimum Gasteiger partial charge on any atom is -0.383 e. The summed E-state index contributed by atoms with van der Waals surface area (Å²) >= 11 is 0. The molecule has 2 N–H and O–H groups in total. The standard InChI is InChI=1S/C14H16N4O/c1-2-9-7-16-5-3-10(9)14-17-12-4-6-19-8-11(12)13(15)18-14/h3,5,7H,2,4,6,8H2,1H3,(H2,15,17,18). The number of aryl methyl sites for hydroxylation is 1. The molecule has 0 spiro atoms. The van der Waals surface area contributed by atoms with Crippen LogP contribution in [0.4, 0.5) is 5.82 Å². The molecule has 0 fully saturated rings. The van der Waals surface area contributed by atoms with Crippen molar-refractivity contribution in [2.45, 2.75) is 26.4 Å². The highest BCUT2D eigenvalue weighted by Gasteiger charge is 2.18. The first-order chi connectivity index (χ1) is 9.29. The molecule has 5 heteroatoms. The van der Waals surface area contributed by atoms with Gasteiger partial charge in [-0.05, 0) is 18.1 Å². The van der Waals surface area contributed by atoms with Crippen molar-refractivity contribution in [2.75, 3.05) is 12.3 Å². The van der Waals surface area contributed by atoms with Crippen LogP contribution >= 0.6 is 0 Å². The number of pyridine rings is 1. The molecule has 0 aromatic carbocycles. The summed E-state index contributed by atoms with van der Waals surface area (Å²) in [5.41, 5.74) is 10.1. The maximum absolute atomic E-state index is 6.02. The number of nitrogen functional groups attached to an aromatic ring is 1. The van der Waals surface area contributed by atoms with Gasteiger partial charge in [0.15, 0.2) is 5.82 Å². The van der Waals surface area contributed by atoms with Crippen LogP contribution in [0.15, 0.2) is 18.5 Å². The van der Waals surface area contributed by atoms with Crippen LogP contribution in [0.2, 0.25) is 0 Å². The van der Waals surface area contributed by atoms with Crippen molar-refractivity contribution in [3.8, 4) is 11.4 Å². The Balaban J connectivity index is 2.13. The summed E-state index contributed by atoms with van der Waals surface area (Å²) in [6, 6.07) is 1.94. The Morgan fingerprint density at radius 1 is 1.37 bits per heavy atom. The summed E-state index contributed by atoms with van der Waals surface area (Å²) in [6.07, 6.45) is 5.31. The summed E-state index contributed by atoms with van der Waals surface area (Å²) < 4.78 is 5.40. The fourth-order valence-corrected chi connectivity index (χ4v) is 2.30. The van der Waals surface area contributed by atoms with Crippen molar-refractivity contribution in [1.29, 1.82) is 0 Å². The van der Waals surface area contributed by atoms with Gasteiger partial charge in [-0.15, -0.1) is 0 Å². The average molecular weight is 256 g/mol. The molecule has 2 aromatic heterocycles. The molecule has 1 aliphatic rings. The van der Waals surface area contributed by atoms with Crippen LogP contribution in [-0.2, 0) is 24.2 Å². The highest BCUT2D eigenvalue weighted by molar-refractivity contribution is 5.62. The highest BCUT2D eigenvalue weighted by atomic mass is 16.5. The Hall–Kier alpha value is -2.01. The zero-order valence-electron chi connectivity index (χ0n) is 10.9. The van der Waals surface area contributed by atoms with Crippen LogP contribution in [0.5, 0.6) is 0 Å². The van der Waals surface area contributed by atoms with E-state index in [1.165, 1.54) is 0 Å². The smallest absolute Gasteiger partial charge is 0.162 e. The summed E-state index contributed by atoms with van der Waals surface area (Å²) in [7, 11) is 0. The van der Waals surface area contributed by atoms with Gasteiger partial charge in [-0.3, -0.25) is 4.98 Å². The Morgan fingerprint density at radius 3 is 3.11 bits per heavy atom. The molecule has 19 heavy (non-hydrogen) atoms. The zero-order valence-corrected chi connectivity index (χ0v) is 10.9. The van der Waals surface area contributed by atoms with Crippen LogP contribution < -0.4 is 5.73 Å². The van der Waals surface area contributed by atoms with Crippen molar-refractivity contribution in [3.63, 3.8) is 0 Å². The monoisotopic (exact) mass is 256 g/mol. The number of ether oxygens (including phenoxy) is 1. The van der Waals surface area contributed by atoms with Crippen molar-refractivity contribution >= 4 is 5.82 Å². The predicted octanol–water partition coefficient (Wildman–Crippen LogP) is 1.76. The minimum atomic E-state index is 0.512. The van der Waals surface area contributed by atoms with Crippen LogP contribution in [0.25, 0.3) is 11.4 Å². The lowest BCUT2D eigenvalue weighted by Gasteiger charge is -2.18. The third-order valence-electron chi connectivity index (χ3n) is 3.38. The summed E-state index contributed by atoms with van der Waals surface area (Å²) in [4.78, 5) is 13.2. The molecule has 0 saturated heterocycles. The number of hydrogen-bond acceptors (Lipinski definition) is 5. The highest BCUT2D eigenvalue weighted by Crippen LogP contribution is 2.26. The molecular weight excluding hydrogens is 240 g/mol. The van der Waals surface area contributed by atoms with Gasteiger partial charge in [-0.25, -0.2) is 9.97 Å². The van der Waals surface area contributed by atoms with E-state index in [0.717, 1.165) is 35.2 Å². The van der Waals surface area contributed by atoms with Gasteiger partial charge >= 0.3 is 0 Å². The van der Waals surface area contributed by atoms with Crippen molar-refractivity contribution < 1.29 is 4.74 Å². The molecule has 3 rings (SSSR count). The molecule has 0 unspecified atom stereocenters. The zero-order chi connectivity index (χ0) is 13.2. The van der Waals surface area contributed by atoms with Crippen molar-refractivity contribution in [2.24, 2.45) is 0 Å². The second kappa shape index (κ2) is 4.93. The molecule has 5 nitrogen and oxygen atoms in total. The van der Waals surface area contributed by atoms with Gasteiger partial charge < -0.3 is 10.5 Å². The van der Waals surface area contributed by atoms with E-state index in [2.05, 4.69) is 21.9 Å². The third kappa shape index (κ3) is 2.17. The fraction of sp³-hybridized carbons (Fsp3) is 0.357. The number of fused-ring (bicyclic) bond motifs is 1. The van der Waals surface area contributed by atoms with Crippen LogP contribution in [-0.4, -0.2) is 21.6 Å². The van der Waals surface area contributed by atoms with Gasteiger partial charge in [-0.2, -0.15) is 0 Å². The van der Waals surface area contributed by atoms with E-state index < -0.39 is 0 Å². The molecule has 2 aromatic rings. The summed E-state index contributed by atoms with van der Waals surface area (Å²) in [6.45, 7) is 3.30. The summed E-state index contributed by atoms with van der Waals surface area (Å²) in [5.74, 6) is 1.22. The Bertz CT molecular complexity index is 612. The largest absolute Gasteiger partial charge is 0.383 e. The van der Waals surface area contributed by atoms with Crippen LogP contribution in [0, 0.1) is 0 Å². The first kappa shape index (κ1) is 12.0. The molecule has 0 bridgehead atoms. The topological polar surface area (TPSA) is 73.9 Å². The lowest BCUT2D eigenvalue weighted by molar-refractivity contribution is 0.109. The van der Waals surface area contributed by atoms with E-state index in [9.17, 15) is 0 Å². The maximum Gasteiger partial charge on any atom is 0.162 e. The first-order valence-corrected chi connectivity index (χ1v) is 6.46. The molecule has 0 saturated carbocycles. The molecular formula is C14H16N4O. The van der Waals surface area contributed by atoms with Gasteiger partial charge in [-0.1, -0.05) is 6.92 Å². The van der Waals surface area contributed by atoms with E-state index in [1.54, 1.807) is 6.20 Å². The molecule has 98 valence electrons. The molecule has 0 radical (unpaired) electrons. The fourth-order valence-electron chi connectivity index (χ4n) is 2.30. The second-order valence-corrected chi connectivity index (χ2v) is 4.55. The number of aromatic nitrogens is 3. The van der Waals surface area contributed by atoms with Crippen molar-refractivity contribution in [1.82, 2.24) is 15.0 Å². The van der Waals surface area contributed by atoms with Gasteiger partial charge in [0.05, 0.1) is 18.9 Å². The number of rotatable bonds is 2. The van der Waals surface area contributed by atoms with Crippen LogP contribution in [0.3, 0.4) is 0 Å². The molecule has 3 heterocycles. The Kier molecular flexibility index (Phi) is 3.13. The lowest BCUT2D eigenvalue weighted by atomic mass is 10.1. The SMILES string of the molecule is CCc1cnccc1-c1nc(N)c2c(n1)CCOC2. The van der Waals surface area contributed by atoms with Crippen molar-refractivity contribution in [3.05, 3.63) is 35.3 Å². The first-order valence-electron chi connectivity index (χ1n) is 6.46. The Morgan fingerprint density at radius 2 is 2.26 bits per heavy atom. The Labute approximate surface area is 111 Å². The third-order valence-corrected chi connectivity index (χ3v) is 3.38.